The van der Waals surface area contributed by atoms with E-state index in [1.165, 1.54) is 0 Å². The highest BCUT2D eigenvalue weighted by molar-refractivity contribution is 5.81. The van der Waals surface area contributed by atoms with Crippen LogP contribution in [-0.4, -0.2) is 34.8 Å². The zero-order valence-corrected chi connectivity index (χ0v) is 15.6. The van der Waals surface area contributed by atoms with Crippen LogP contribution in [0.15, 0.2) is 54.9 Å². The Kier molecular flexibility index (Phi) is 6.97. The third-order valence-electron chi connectivity index (χ3n) is 4.99. The second-order valence-electron chi connectivity index (χ2n) is 7.02. The standard InChI is InChI=1S/C22H27N3O2/c26-21-16-20(19-10-4-3-5-11-19)25(14-7-2-1-6-13-24-21)22(27)15-18-9-8-12-23-17-18/h3-5,8-12,17,20H,1-2,6-7,13-16H2,(H,24,26)/t20-/m0/s1. The van der Waals surface area contributed by atoms with E-state index in [1.54, 1.807) is 12.4 Å². The number of rotatable bonds is 3. The van der Waals surface area contributed by atoms with Crippen LogP contribution in [0.3, 0.4) is 0 Å². The first-order chi connectivity index (χ1) is 13.2. The Hall–Kier alpha value is -2.69. The maximum Gasteiger partial charge on any atom is 0.227 e. The van der Waals surface area contributed by atoms with Crippen molar-refractivity contribution in [1.82, 2.24) is 15.2 Å². The summed E-state index contributed by atoms with van der Waals surface area (Å²) in [6, 6.07) is 13.4. The van der Waals surface area contributed by atoms with Crippen molar-refractivity contribution < 1.29 is 9.59 Å². The Morgan fingerprint density at radius 2 is 1.89 bits per heavy atom. The number of hydrogen-bond acceptors (Lipinski definition) is 3. The lowest BCUT2D eigenvalue weighted by Crippen LogP contribution is -2.39. The van der Waals surface area contributed by atoms with E-state index in [4.69, 9.17) is 0 Å². The molecule has 1 aliphatic rings. The number of carbonyl (C=O) groups excluding carboxylic acids is 2. The minimum Gasteiger partial charge on any atom is -0.356 e. The lowest BCUT2D eigenvalue weighted by Gasteiger charge is -2.32. The minimum atomic E-state index is -0.242. The molecule has 1 aromatic carbocycles. The average Bonchev–Trinajstić information content (AvgIpc) is 2.74. The molecule has 3 rings (SSSR count). The third kappa shape index (κ3) is 5.64. The van der Waals surface area contributed by atoms with Crippen LogP contribution in [0, 0.1) is 0 Å². The van der Waals surface area contributed by atoms with Crippen LogP contribution < -0.4 is 5.32 Å². The molecular formula is C22H27N3O2. The van der Waals surface area contributed by atoms with Gasteiger partial charge in [-0.2, -0.15) is 0 Å². The van der Waals surface area contributed by atoms with Gasteiger partial charge >= 0.3 is 0 Å². The average molecular weight is 365 g/mol. The van der Waals surface area contributed by atoms with Gasteiger partial charge in [0.25, 0.3) is 0 Å². The lowest BCUT2D eigenvalue weighted by molar-refractivity contribution is -0.134. The molecule has 0 radical (unpaired) electrons. The topological polar surface area (TPSA) is 62.3 Å². The molecular weight excluding hydrogens is 338 g/mol. The first kappa shape index (κ1) is 19.1. The molecule has 142 valence electrons. The lowest BCUT2D eigenvalue weighted by atomic mass is 10.00. The molecule has 27 heavy (non-hydrogen) atoms. The van der Waals surface area contributed by atoms with E-state index >= 15 is 0 Å². The first-order valence-electron chi connectivity index (χ1n) is 9.74. The van der Waals surface area contributed by atoms with E-state index in [1.807, 2.05) is 47.4 Å². The highest BCUT2D eigenvalue weighted by Crippen LogP contribution is 2.26. The summed E-state index contributed by atoms with van der Waals surface area (Å²) in [4.78, 5) is 31.6. The third-order valence-corrected chi connectivity index (χ3v) is 4.99. The highest BCUT2D eigenvalue weighted by atomic mass is 16.2. The predicted molar refractivity (Wildman–Crippen MR) is 105 cm³/mol. The number of aromatic nitrogens is 1. The summed E-state index contributed by atoms with van der Waals surface area (Å²) in [5, 5.41) is 3.00. The Labute approximate surface area is 160 Å². The Morgan fingerprint density at radius 3 is 2.67 bits per heavy atom. The fourth-order valence-electron chi connectivity index (χ4n) is 3.55. The van der Waals surface area contributed by atoms with Gasteiger partial charge in [0.1, 0.15) is 0 Å². The van der Waals surface area contributed by atoms with Crippen molar-refractivity contribution in [2.75, 3.05) is 13.1 Å². The highest BCUT2D eigenvalue weighted by Gasteiger charge is 2.27. The van der Waals surface area contributed by atoms with Gasteiger partial charge in [-0.25, -0.2) is 0 Å². The van der Waals surface area contributed by atoms with Crippen LogP contribution in [-0.2, 0) is 16.0 Å². The van der Waals surface area contributed by atoms with Gasteiger partial charge in [0, 0.05) is 25.5 Å². The molecule has 0 saturated carbocycles. The van der Waals surface area contributed by atoms with Gasteiger partial charge in [-0.05, 0) is 30.0 Å². The van der Waals surface area contributed by atoms with Crippen LogP contribution in [0.2, 0.25) is 0 Å². The molecule has 5 nitrogen and oxygen atoms in total. The smallest absolute Gasteiger partial charge is 0.227 e. The van der Waals surface area contributed by atoms with Gasteiger partial charge in [-0.1, -0.05) is 49.2 Å². The fraction of sp³-hybridized carbons (Fsp3) is 0.409. The van der Waals surface area contributed by atoms with E-state index in [9.17, 15) is 9.59 Å². The summed E-state index contributed by atoms with van der Waals surface area (Å²) < 4.78 is 0. The van der Waals surface area contributed by atoms with Gasteiger partial charge in [0.05, 0.1) is 18.9 Å². The largest absolute Gasteiger partial charge is 0.356 e. The number of nitrogens with one attached hydrogen (secondary N) is 1. The number of benzene rings is 1. The molecule has 2 aromatic rings. The van der Waals surface area contributed by atoms with Crippen molar-refractivity contribution in [3.8, 4) is 0 Å². The van der Waals surface area contributed by atoms with Crippen LogP contribution in [0.4, 0.5) is 0 Å². The Balaban J connectivity index is 1.86. The van der Waals surface area contributed by atoms with Gasteiger partial charge in [0.2, 0.25) is 11.8 Å². The Morgan fingerprint density at radius 1 is 1.07 bits per heavy atom. The maximum absolute atomic E-state index is 13.2. The molecule has 2 heterocycles. The summed E-state index contributed by atoms with van der Waals surface area (Å²) in [5.41, 5.74) is 1.90. The summed E-state index contributed by atoms with van der Waals surface area (Å²) in [5.74, 6) is 0.0498. The molecule has 2 amide bonds. The van der Waals surface area contributed by atoms with Crippen molar-refractivity contribution in [3.05, 3.63) is 66.0 Å². The van der Waals surface area contributed by atoms with E-state index in [-0.39, 0.29) is 17.9 Å². The van der Waals surface area contributed by atoms with Gasteiger partial charge in [0.15, 0.2) is 0 Å². The van der Waals surface area contributed by atoms with E-state index in [2.05, 4.69) is 10.3 Å². The van der Waals surface area contributed by atoms with E-state index in [0.29, 0.717) is 25.9 Å². The van der Waals surface area contributed by atoms with Crippen LogP contribution in [0.25, 0.3) is 0 Å². The summed E-state index contributed by atoms with van der Waals surface area (Å²) >= 11 is 0. The molecule has 0 bridgehead atoms. The van der Waals surface area contributed by atoms with Gasteiger partial charge in [-0.3, -0.25) is 14.6 Å². The Bertz CT molecular complexity index is 734. The SMILES string of the molecule is O=C1C[C@@H](c2ccccc2)N(C(=O)Cc2cccnc2)CCCCCCN1. The fourth-order valence-corrected chi connectivity index (χ4v) is 3.55. The molecule has 1 fully saturated rings. The number of carbonyl (C=O) groups is 2. The van der Waals surface area contributed by atoms with Crippen LogP contribution in [0.1, 0.15) is 49.3 Å². The number of pyridine rings is 1. The quantitative estimate of drug-likeness (QED) is 0.908. The predicted octanol–water partition coefficient (Wildman–Crippen LogP) is 3.27. The molecule has 1 aliphatic heterocycles. The van der Waals surface area contributed by atoms with Crippen LogP contribution >= 0.6 is 0 Å². The zero-order chi connectivity index (χ0) is 18.9. The minimum absolute atomic E-state index is 0.00457. The van der Waals surface area contributed by atoms with E-state index in [0.717, 1.165) is 36.8 Å². The molecule has 0 unspecified atom stereocenters. The molecule has 1 atom stereocenters. The van der Waals surface area contributed by atoms with Gasteiger partial charge < -0.3 is 10.2 Å². The second kappa shape index (κ2) is 9.86. The zero-order valence-electron chi connectivity index (χ0n) is 15.6. The molecule has 1 saturated heterocycles. The maximum atomic E-state index is 13.2. The van der Waals surface area contributed by atoms with Crippen molar-refractivity contribution in [1.29, 1.82) is 0 Å². The second-order valence-corrected chi connectivity index (χ2v) is 7.02. The summed E-state index contributed by atoms with van der Waals surface area (Å²) in [7, 11) is 0. The first-order valence-corrected chi connectivity index (χ1v) is 9.74. The number of nitrogens with zero attached hydrogens (tertiary/aromatic N) is 2. The number of hydrogen-bond donors (Lipinski definition) is 1. The van der Waals surface area contributed by atoms with Crippen molar-refractivity contribution >= 4 is 11.8 Å². The van der Waals surface area contributed by atoms with Crippen molar-refractivity contribution in [2.24, 2.45) is 0 Å². The molecule has 1 N–H and O–H groups in total. The van der Waals surface area contributed by atoms with Crippen molar-refractivity contribution in [3.63, 3.8) is 0 Å². The van der Waals surface area contributed by atoms with Crippen molar-refractivity contribution in [2.45, 2.75) is 44.6 Å². The van der Waals surface area contributed by atoms with E-state index < -0.39 is 0 Å². The summed E-state index contributed by atoms with van der Waals surface area (Å²) in [6.07, 6.45) is 8.12. The molecule has 1 aromatic heterocycles. The van der Waals surface area contributed by atoms with Gasteiger partial charge in [-0.15, -0.1) is 0 Å². The normalized spacial score (nSPS) is 19.0. The number of amides is 2. The molecule has 0 aliphatic carbocycles. The van der Waals surface area contributed by atoms with Crippen LogP contribution in [0.5, 0.6) is 0 Å². The molecule has 0 spiro atoms. The molecule has 5 heteroatoms. The monoisotopic (exact) mass is 365 g/mol. The summed E-state index contributed by atoms with van der Waals surface area (Å²) in [6.45, 7) is 1.38.